The Kier molecular flexibility index (Phi) is 3.44. The number of carboxylic acid groups (broad SMARTS) is 1. The number of carbonyl (C=O) groups excluding carboxylic acids is 1. The second-order valence-corrected chi connectivity index (χ2v) is 5.30. The molecule has 0 bridgehead atoms. The Morgan fingerprint density at radius 1 is 1.30 bits per heavy atom. The van der Waals surface area contributed by atoms with Crippen molar-refractivity contribution in [3.8, 4) is 0 Å². The van der Waals surface area contributed by atoms with Crippen LogP contribution in [-0.2, 0) is 22.5 Å². The summed E-state index contributed by atoms with van der Waals surface area (Å²) in [6, 6.07) is 5.15. The third-order valence-electron chi connectivity index (χ3n) is 3.98. The van der Waals surface area contributed by atoms with Gasteiger partial charge in [-0.05, 0) is 42.5 Å². The molecule has 106 valence electrons. The van der Waals surface area contributed by atoms with E-state index in [0.717, 1.165) is 30.4 Å². The summed E-state index contributed by atoms with van der Waals surface area (Å²) in [5.41, 5.74) is 2.34. The Balaban J connectivity index is 1.78. The third-order valence-corrected chi connectivity index (χ3v) is 3.98. The number of aromatic carboxylic acids is 1. The molecule has 2 aliphatic heterocycles. The maximum atomic E-state index is 12.3. The fourth-order valence-corrected chi connectivity index (χ4v) is 2.85. The van der Waals surface area contributed by atoms with Gasteiger partial charge in [-0.3, -0.25) is 4.79 Å². The van der Waals surface area contributed by atoms with E-state index in [1.165, 1.54) is 0 Å². The molecule has 2 aliphatic rings. The van der Waals surface area contributed by atoms with Crippen LogP contribution in [0.3, 0.4) is 0 Å². The van der Waals surface area contributed by atoms with Gasteiger partial charge >= 0.3 is 5.97 Å². The summed E-state index contributed by atoms with van der Waals surface area (Å²) < 4.78 is 5.43. The molecule has 1 aromatic carbocycles. The van der Waals surface area contributed by atoms with Crippen molar-refractivity contribution in [2.24, 2.45) is 0 Å². The van der Waals surface area contributed by atoms with E-state index < -0.39 is 5.97 Å². The number of amides is 1. The molecule has 0 radical (unpaired) electrons. The number of carboxylic acids is 1. The van der Waals surface area contributed by atoms with Gasteiger partial charge in [0.2, 0.25) is 0 Å². The number of nitrogens with zero attached hydrogens (tertiary/aromatic N) is 1. The molecule has 1 aromatic rings. The van der Waals surface area contributed by atoms with Crippen LogP contribution in [-0.4, -0.2) is 41.1 Å². The van der Waals surface area contributed by atoms with E-state index in [4.69, 9.17) is 9.84 Å². The molecule has 1 N–H and O–H groups in total. The quantitative estimate of drug-likeness (QED) is 0.887. The Hall–Kier alpha value is -1.88. The molecular formula is C15H17NO4. The first-order chi connectivity index (χ1) is 9.65. The van der Waals surface area contributed by atoms with E-state index in [1.807, 2.05) is 6.07 Å². The number of rotatable bonds is 2. The number of hydrogen-bond acceptors (Lipinski definition) is 3. The zero-order valence-electron chi connectivity index (χ0n) is 11.2. The maximum absolute atomic E-state index is 12.3. The van der Waals surface area contributed by atoms with Gasteiger partial charge in [-0.25, -0.2) is 4.79 Å². The van der Waals surface area contributed by atoms with Crippen molar-refractivity contribution in [2.75, 3.05) is 13.2 Å². The van der Waals surface area contributed by atoms with Crippen LogP contribution in [0.5, 0.6) is 0 Å². The Labute approximate surface area is 117 Å². The fraction of sp³-hybridized carbons (Fsp3) is 0.467. The lowest BCUT2D eigenvalue weighted by Gasteiger charge is -2.30. The molecule has 5 nitrogen and oxygen atoms in total. The van der Waals surface area contributed by atoms with Gasteiger partial charge in [0, 0.05) is 19.7 Å². The summed E-state index contributed by atoms with van der Waals surface area (Å²) in [5, 5.41) is 9.03. The van der Waals surface area contributed by atoms with Gasteiger partial charge in [-0.1, -0.05) is 6.07 Å². The van der Waals surface area contributed by atoms with Gasteiger partial charge in [0.1, 0.15) is 6.10 Å². The minimum atomic E-state index is -0.935. The van der Waals surface area contributed by atoms with E-state index >= 15 is 0 Å². The summed E-state index contributed by atoms with van der Waals surface area (Å²) in [6.45, 7) is 1.82. The topological polar surface area (TPSA) is 66.8 Å². The van der Waals surface area contributed by atoms with Crippen LogP contribution < -0.4 is 0 Å². The normalized spacial score (nSPS) is 21.6. The van der Waals surface area contributed by atoms with Gasteiger partial charge in [0.25, 0.3) is 5.91 Å². The van der Waals surface area contributed by atoms with E-state index in [9.17, 15) is 9.59 Å². The molecule has 20 heavy (non-hydrogen) atoms. The number of fused-ring (bicyclic) bond motifs is 1. The smallest absolute Gasteiger partial charge is 0.335 e. The highest BCUT2D eigenvalue weighted by Gasteiger charge is 2.30. The Morgan fingerprint density at radius 2 is 2.15 bits per heavy atom. The zero-order valence-corrected chi connectivity index (χ0v) is 11.2. The van der Waals surface area contributed by atoms with Gasteiger partial charge in [0.15, 0.2) is 0 Å². The molecule has 0 aliphatic carbocycles. The Morgan fingerprint density at radius 3 is 2.85 bits per heavy atom. The number of carbonyl (C=O) groups is 2. The average molecular weight is 275 g/mol. The minimum Gasteiger partial charge on any atom is -0.478 e. The van der Waals surface area contributed by atoms with Crippen molar-refractivity contribution in [3.63, 3.8) is 0 Å². The van der Waals surface area contributed by atoms with Crippen LogP contribution in [0, 0.1) is 0 Å². The first-order valence-electron chi connectivity index (χ1n) is 6.90. The third kappa shape index (κ3) is 2.41. The molecule has 1 unspecified atom stereocenters. The predicted molar refractivity (Wildman–Crippen MR) is 71.5 cm³/mol. The summed E-state index contributed by atoms with van der Waals surface area (Å²) >= 11 is 0. The lowest BCUT2D eigenvalue weighted by Crippen LogP contribution is -2.41. The number of benzene rings is 1. The van der Waals surface area contributed by atoms with E-state index in [0.29, 0.717) is 19.7 Å². The molecule has 3 rings (SSSR count). The number of ether oxygens (including phenoxy) is 1. The van der Waals surface area contributed by atoms with Gasteiger partial charge in [0.05, 0.1) is 5.56 Å². The SMILES string of the molecule is O=C(O)c1ccc2c(c1)CN(C(=O)C1CCCO1)CC2. The monoisotopic (exact) mass is 275 g/mol. The van der Waals surface area contributed by atoms with Gasteiger partial charge in [-0.2, -0.15) is 0 Å². The van der Waals surface area contributed by atoms with Crippen molar-refractivity contribution in [1.82, 2.24) is 4.90 Å². The molecule has 1 fully saturated rings. The van der Waals surface area contributed by atoms with Crippen molar-refractivity contribution in [3.05, 3.63) is 34.9 Å². The molecule has 0 spiro atoms. The van der Waals surface area contributed by atoms with Crippen LogP contribution in [0.1, 0.15) is 34.3 Å². The van der Waals surface area contributed by atoms with Crippen molar-refractivity contribution in [2.45, 2.75) is 31.9 Å². The molecule has 0 aromatic heterocycles. The zero-order chi connectivity index (χ0) is 14.1. The molecular weight excluding hydrogens is 258 g/mol. The predicted octanol–water partition coefficient (Wildman–Crippen LogP) is 1.45. The number of hydrogen-bond donors (Lipinski definition) is 1. The highest BCUT2D eigenvalue weighted by Crippen LogP contribution is 2.23. The first-order valence-corrected chi connectivity index (χ1v) is 6.90. The fourth-order valence-electron chi connectivity index (χ4n) is 2.85. The largest absolute Gasteiger partial charge is 0.478 e. The first kappa shape index (κ1) is 13.1. The second-order valence-electron chi connectivity index (χ2n) is 5.30. The minimum absolute atomic E-state index is 0.0360. The van der Waals surface area contributed by atoms with E-state index in [2.05, 4.69) is 0 Å². The molecule has 1 saturated heterocycles. The highest BCUT2D eigenvalue weighted by molar-refractivity contribution is 5.88. The van der Waals surface area contributed by atoms with Crippen molar-refractivity contribution >= 4 is 11.9 Å². The molecule has 5 heteroatoms. The summed E-state index contributed by atoms with van der Waals surface area (Å²) in [4.78, 5) is 25.1. The van der Waals surface area contributed by atoms with E-state index in [1.54, 1.807) is 17.0 Å². The van der Waals surface area contributed by atoms with Gasteiger partial charge < -0.3 is 14.7 Å². The average Bonchev–Trinajstić information content (AvgIpc) is 2.99. The second kappa shape index (κ2) is 5.25. The lowest BCUT2D eigenvalue weighted by molar-refractivity contribution is -0.141. The standard InChI is InChI=1S/C15H17NO4/c17-14(13-2-1-7-20-13)16-6-5-10-3-4-11(15(18)19)8-12(10)9-16/h3-4,8,13H,1-2,5-7,9H2,(H,18,19). The van der Waals surface area contributed by atoms with E-state index in [-0.39, 0.29) is 17.6 Å². The Bertz CT molecular complexity index is 549. The maximum Gasteiger partial charge on any atom is 0.335 e. The summed E-state index contributed by atoms with van der Waals surface area (Å²) in [7, 11) is 0. The van der Waals surface area contributed by atoms with Crippen LogP contribution in [0.15, 0.2) is 18.2 Å². The summed E-state index contributed by atoms with van der Waals surface area (Å²) in [6.07, 6.45) is 2.19. The summed E-state index contributed by atoms with van der Waals surface area (Å²) in [5.74, 6) is -0.899. The van der Waals surface area contributed by atoms with Crippen molar-refractivity contribution < 1.29 is 19.4 Å². The van der Waals surface area contributed by atoms with Crippen LogP contribution in [0.2, 0.25) is 0 Å². The molecule has 1 amide bonds. The lowest BCUT2D eigenvalue weighted by atomic mass is 9.97. The van der Waals surface area contributed by atoms with Crippen LogP contribution in [0.25, 0.3) is 0 Å². The highest BCUT2D eigenvalue weighted by atomic mass is 16.5. The molecule has 1 atom stereocenters. The van der Waals surface area contributed by atoms with Crippen LogP contribution >= 0.6 is 0 Å². The van der Waals surface area contributed by atoms with Gasteiger partial charge in [-0.15, -0.1) is 0 Å². The van der Waals surface area contributed by atoms with Crippen LogP contribution in [0.4, 0.5) is 0 Å². The molecule has 0 saturated carbocycles. The molecule has 2 heterocycles. The van der Waals surface area contributed by atoms with Crippen molar-refractivity contribution in [1.29, 1.82) is 0 Å².